The molecule has 3 aromatic heterocycles. The lowest BCUT2D eigenvalue weighted by atomic mass is 10.0. The van der Waals surface area contributed by atoms with Gasteiger partial charge in [-0.15, -0.1) is 11.3 Å². The monoisotopic (exact) mass is 643 g/mol. The van der Waals surface area contributed by atoms with Gasteiger partial charge in [0.25, 0.3) is 5.56 Å². The quantitative estimate of drug-likeness (QED) is 0.223. The van der Waals surface area contributed by atoms with E-state index in [9.17, 15) is 9.59 Å². The summed E-state index contributed by atoms with van der Waals surface area (Å²) in [5.74, 6) is -0.437. The largest absolute Gasteiger partial charge is 0.463 e. The molecule has 1 atom stereocenters. The molecule has 0 radical (unpaired) electrons. The van der Waals surface area contributed by atoms with E-state index in [-0.39, 0.29) is 12.2 Å². The van der Waals surface area contributed by atoms with E-state index in [0.29, 0.717) is 20.6 Å². The first-order valence-corrected chi connectivity index (χ1v) is 14.7. The zero-order valence-electron chi connectivity index (χ0n) is 21.2. The van der Waals surface area contributed by atoms with Crippen molar-refractivity contribution in [3.05, 3.63) is 104 Å². The van der Waals surface area contributed by atoms with Gasteiger partial charge in [0.2, 0.25) is 0 Å². The number of ether oxygens (including phenoxy) is 1. The summed E-state index contributed by atoms with van der Waals surface area (Å²) in [6.07, 6.45) is 1.94. The summed E-state index contributed by atoms with van der Waals surface area (Å²) in [4.78, 5) is 32.9. The molecule has 0 aliphatic carbocycles. The first-order valence-electron chi connectivity index (χ1n) is 11.9. The van der Waals surface area contributed by atoms with E-state index in [2.05, 4.69) is 77.2 Å². The molecule has 9 heteroatoms. The minimum atomic E-state index is -0.556. The molecule has 0 fully saturated rings. The highest BCUT2D eigenvalue weighted by Crippen LogP contribution is 2.33. The summed E-state index contributed by atoms with van der Waals surface area (Å²) < 4.78 is 11.0. The fourth-order valence-electron chi connectivity index (χ4n) is 4.70. The summed E-state index contributed by atoms with van der Waals surface area (Å²) >= 11 is 5.22. The van der Waals surface area contributed by atoms with Gasteiger partial charge in [0.05, 0.1) is 22.4 Å². The summed E-state index contributed by atoms with van der Waals surface area (Å²) in [6.45, 7) is 10.1. The lowest BCUT2D eigenvalue weighted by Crippen LogP contribution is -2.39. The smallest absolute Gasteiger partial charge is 0.338 e. The van der Waals surface area contributed by atoms with Crippen molar-refractivity contribution in [2.75, 3.05) is 6.61 Å². The normalized spacial score (nSPS) is 15.6. The number of hydrogen-bond donors (Lipinski definition) is 0. The Morgan fingerprint density at radius 2 is 1.97 bits per heavy atom. The maximum atomic E-state index is 13.8. The second kappa shape index (κ2) is 10.2. The minimum Gasteiger partial charge on any atom is -0.463 e. The molecule has 1 aliphatic rings. The maximum Gasteiger partial charge on any atom is 0.338 e. The van der Waals surface area contributed by atoms with Crippen molar-refractivity contribution in [2.45, 2.75) is 40.7 Å². The van der Waals surface area contributed by atoms with Crippen molar-refractivity contribution < 1.29 is 9.53 Å². The van der Waals surface area contributed by atoms with E-state index < -0.39 is 12.0 Å². The molecule has 0 saturated heterocycles. The van der Waals surface area contributed by atoms with Gasteiger partial charge < -0.3 is 9.30 Å². The standard InChI is InChI=1S/C28H26IN3O3S2/c1-6-35-27(34)24-17(4)30-28-32(25(24)22-8-7-11-36-22)26(33)23(37-28)13-19-12-16(3)31(18(19)5)20-10-9-15(2)21(29)14-20/h7-14,25H,6H2,1-5H3/b23-13+/t25-/m1/s1. The molecular formula is C28H26IN3O3S2. The third-order valence-electron chi connectivity index (χ3n) is 6.50. The Morgan fingerprint density at radius 1 is 1.19 bits per heavy atom. The van der Waals surface area contributed by atoms with E-state index in [1.54, 1.807) is 18.4 Å². The highest BCUT2D eigenvalue weighted by molar-refractivity contribution is 14.1. The Morgan fingerprint density at radius 3 is 2.65 bits per heavy atom. The minimum absolute atomic E-state index is 0.161. The Kier molecular flexibility index (Phi) is 7.12. The number of thiophene rings is 1. The fourth-order valence-corrected chi connectivity index (χ4v) is 7.06. The van der Waals surface area contributed by atoms with E-state index in [4.69, 9.17) is 4.74 Å². The molecule has 6 nitrogen and oxygen atoms in total. The highest BCUT2D eigenvalue weighted by atomic mass is 127. The van der Waals surface area contributed by atoms with Crippen molar-refractivity contribution in [2.24, 2.45) is 4.99 Å². The molecule has 0 N–H and O–H groups in total. The van der Waals surface area contributed by atoms with Crippen LogP contribution in [0, 0.1) is 24.3 Å². The number of carbonyl (C=O) groups is 1. The van der Waals surface area contributed by atoms with Crippen LogP contribution >= 0.6 is 45.3 Å². The molecule has 0 bridgehead atoms. The average molecular weight is 644 g/mol. The van der Waals surface area contributed by atoms with Gasteiger partial charge in [-0.25, -0.2) is 9.79 Å². The SMILES string of the molecule is CCOC(=O)C1=C(C)N=c2s/c(=C/c3cc(C)n(-c4ccc(C)c(I)c4)c3C)c(=O)n2[C@@H]1c1cccs1. The predicted molar refractivity (Wildman–Crippen MR) is 157 cm³/mol. The topological polar surface area (TPSA) is 65.6 Å². The number of thiazole rings is 1. The third-order valence-corrected chi connectivity index (χ3v) is 9.57. The van der Waals surface area contributed by atoms with Crippen LogP contribution in [0.3, 0.4) is 0 Å². The molecule has 190 valence electrons. The molecule has 0 unspecified atom stereocenters. The number of halogens is 1. The predicted octanol–water partition coefficient (Wildman–Crippen LogP) is 5.18. The zero-order chi connectivity index (χ0) is 26.4. The van der Waals surface area contributed by atoms with Crippen molar-refractivity contribution in [1.82, 2.24) is 9.13 Å². The van der Waals surface area contributed by atoms with E-state index in [1.165, 1.54) is 31.8 Å². The van der Waals surface area contributed by atoms with E-state index in [1.807, 2.05) is 23.6 Å². The summed E-state index contributed by atoms with van der Waals surface area (Å²) in [7, 11) is 0. The molecule has 4 heterocycles. The summed E-state index contributed by atoms with van der Waals surface area (Å²) in [6, 6.07) is 11.8. The molecule has 4 aromatic rings. The fraction of sp³-hybridized carbons (Fsp3) is 0.250. The molecule has 37 heavy (non-hydrogen) atoms. The van der Waals surface area contributed by atoms with Crippen LogP contribution in [0.1, 0.15) is 47.3 Å². The van der Waals surface area contributed by atoms with Gasteiger partial charge >= 0.3 is 5.97 Å². The number of benzene rings is 1. The first kappa shape index (κ1) is 25.9. The Labute approximate surface area is 236 Å². The van der Waals surface area contributed by atoms with Crippen molar-refractivity contribution >= 4 is 57.3 Å². The second-order valence-corrected chi connectivity index (χ2v) is 12.1. The van der Waals surface area contributed by atoms with E-state index >= 15 is 0 Å². The number of aryl methyl sites for hydroxylation is 2. The van der Waals surface area contributed by atoms with Gasteiger partial charge in [-0.05, 0) is 104 Å². The van der Waals surface area contributed by atoms with Crippen molar-refractivity contribution in [1.29, 1.82) is 0 Å². The number of nitrogens with zero attached hydrogens (tertiary/aromatic N) is 3. The van der Waals surface area contributed by atoms with Crippen LogP contribution in [-0.4, -0.2) is 21.7 Å². The number of esters is 1. The Balaban J connectivity index is 1.67. The van der Waals surface area contributed by atoms with Gasteiger partial charge in [-0.3, -0.25) is 9.36 Å². The van der Waals surface area contributed by atoms with Gasteiger partial charge in [0.1, 0.15) is 6.04 Å². The third kappa shape index (κ3) is 4.57. The van der Waals surface area contributed by atoms with Gasteiger partial charge in [-0.2, -0.15) is 0 Å². The van der Waals surface area contributed by atoms with Gasteiger partial charge in [0.15, 0.2) is 4.80 Å². The Bertz CT molecular complexity index is 1740. The van der Waals surface area contributed by atoms with Crippen LogP contribution in [0.15, 0.2) is 62.8 Å². The Hall–Kier alpha value is -2.76. The van der Waals surface area contributed by atoms with Crippen molar-refractivity contribution in [3.8, 4) is 5.69 Å². The number of fused-ring (bicyclic) bond motifs is 1. The molecule has 0 amide bonds. The number of rotatable bonds is 5. The molecule has 0 spiro atoms. The van der Waals surface area contributed by atoms with Crippen LogP contribution in [-0.2, 0) is 9.53 Å². The van der Waals surface area contributed by atoms with Crippen LogP contribution in [0.4, 0.5) is 0 Å². The van der Waals surface area contributed by atoms with Crippen LogP contribution in [0.5, 0.6) is 0 Å². The lowest BCUT2D eigenvalue weighted by Gasteiger charge is -2.23. The number of aromatic nitrogens is 2. The van der Waals surface area contributed by atoms with Gasteiger partial charge in [-0.1, -0.05) is 23.5 Å². The molecule has 5 rings (SSSR count). The first-order chi connectivity index (χ1) is 17.7. The number of carbonyl (C=O) groups excluding carboxylic acids is 1. The highest BCUT2D eigenvalue weighted by Gasteiger charge is 2.33. The number of hydrogen-bond acceptors (Lipinski definition) is 6. The molecule has 1 aromatic carbocycles. The molecule has 0 saturated carbocycles. The summed E-state index contributed by atoms with van der Waals surface area (Å²) in [5.41, 5.74) is 6.30. The molecule has 1 aliphatic heterocycles. The zero-order valence-corrected chi connectivity index (χ0v) is 25.0. The van der Waals surface area contributed by atoms with Crippen LogP contribution in [0.2, 0.25) is 0 Å². The molecular weight excluding hydrogens is 617 g/mol. The van der Waals surface area contributed by atoms with Gasteiger partial charge in [0, 0.05) is 25.5 Å². The van der Waals surface area contributed by atoms with Crippen LogP contribution < -0.4 is 14.9 Å². The maximum absolute atomic E-state index is 13.8. The number of allylic oxidation sites excluding steroid dienone is 1. The van der Waals surface area contributed by atoms with Crippen molar-refractivity contribution in [3.63, 3.8) is 0 Å². The van der Waals surface area contributed by atoms with E-state index in [0.717, 1.165) is 27.5 Å². The summed E-state index contributed by atoms with van der Waals surface area (Å²) in [5, 5.41) is 1.95. The second-order valence-electron chi connectivity index (χ2n) is 8.91. The van der Waals surface area contributed by atoms with Crippen LogP contribution in [0.25, 0.3) is 11.8 Å². The lowest BCUT2D eigenvalue weighted by molar-refractivity contribution is -0.139. The average Bonchev–Trinajstić information content (AvgIpc) is 3.55.